The van der Waals surface area contributed by atoms with Crippen LogP contribution in [0.1, 0.15) is 24.1 Å². The number of methoxy groups -OCH3 is 1. The summed E-state index contributed by atoms with van der Waals surface area (Å²) in [6.07, 6.45) is 1.75. The van der Waals surface area contributed by atoms with Crippen molar-refractivity contribution in [2.24, 2.45) is 10.9 Å². The van der Waals surface area contributed by atoms with Crippen LogP contribution in [0, 0.1) is 5.92 Å². The van der Waals surface area contributed by atoms with E-state index in [9.17, 15) is 9.59 Å². The van der Waals surface area contributed by atoms with E-state index in [0.717, 1.165) is 11.1 Å². The Morgan fingerprint density at radius 1 is 1.27 bits per heavy atom. The first-order valence-corrected chi connectivity index (χ1v) is 10.6. The standard InChI is InChI=1S/C22H17ClN2O4S/c1-22-17(20(27)28-2)18(13-8-4-6-10-15(13)29-22)25-19(26)16(30-21(25)24-22)11-12-7-3-5-9-14(12)23/h3-11,17-18H,1-2H3/b16-11+/t17-,18-,22-/m1/s1. The van der Waals surface area contributed by atoms with Gasteiger partial charge in [0, 0.05) is 10.6 Å². The van der Waals surface area contributed by atoms with Crippen LogP contribution in [0.2, 0.25) is 5.02 Å². The maximum Gasteiger partial charge on any atom is 0.317 e. The van der Waals surface area contributed by atoms with Crippen molar-refractivity contribution in [2.75, 3.05) is 7.11 Å². The zero-order valence-corrected chi connectivity index (χ0v) is 17.7. The monoisotopic (exact) mass is 440 g/mol. The molecular weight excluding hydrogens is 424 g/mol. The smallest absolute Gasteiger partial charge is 0.317 e. The van der Waals surface area contributed by atoms with Gasteiger partial charge < -0.3 is 9.47 Å². The number of rotatable bonds is 2. The van der Waals surface area contributed by atoms with Gasteiger partial charge in [0.2, 0.25) is 5.72 Å². The predicted octanol–water partition coefficient (Wildman–Crippen LogP) is 2.51. The lowest BCUT2D eigenvalue weighted by molar-refractivity contribution is -0.158. The van der Waals surface area contributed by atoms with Crippen LogP contribution in [0.15, 0.2) is 58.3 Å². The average Bonchev–Trinajstić information content (AvgIpc) is 3.02. The Kier molecular flexibility index (Phi) is 4.34. The summed E-state index contributed by atoms with van der Waals surface area (Å²) in [4.78, 5) is 31.4. The summed E-state index contributed by atoms with van der Waals surface area (Å²) in [5, 5.41) is 0.553. The lowest BCUT2D eigenvalue weighted by atomic mass is 9.81. The van der Waals surface area contributed by atoms with Gasteiger partial charge in [0.25, 0.3) is 5.56 Å². The molecule has 0 saturated heterocycles. The van der Waals surface area contributed by atoms with Gasteiger partial charge in [0.05, 0.1) is 17.7 Å². The fraction of sp³-hybridized carbons (Fsp3) is 0.227. The van der Waals surface area contributed by atoms with Crippen molar-refractivity contribution in [3.63, 3.8) is 0 Å². The second-order valence-corrected chi connectivity index (χ2v) is 8.76. The fourth-order valence-corrected chi connectivity index (χ4v) is 5.44. The summed E-state index contributed by atoms with van der Waals surface area (Å²) < 4.78 is 13.3. The van der Waals surface area contributed by atoms with Gasteiger partial charge in [-0.05, 0) is 30.7 Å². The van der Waals surface area contributed by atoms with E-state index in [-0.39, 0.29) is 5.56 Å². The van der Waals surface area contributed by atoms with Gasteiger partial charge in [0.15, 0.2) is 4.80 Å². The third-order valence-electron chi connectivity index (χ3n) is 5.53. The number of thiazole rings is 1. The van der Waals surface area contributed by atoms with Gasteiger partial charge in [-0.15, -0.1) is 0 Å². The summed E-state index contributed by atoms with van der Waals surface area (Å²) in [5.41, 5.74) is 0.0956. The minimum Gasteiger partial charge on any atom is -0.469 e. The molecule has 3 heterocycles. The average molecular weight is 441 g/mol. The second kappa shape index (κ2) is 6.82. The molecule has 0 amide bonds. The Balaban J connectivity index is 1.81. The van der Waals surface area contributed by atoms with Crippen molar-refractivity contribution in [1.29, 1.82) is 0 Å². The zero-order valence-electron chi connectivity index (χ0n) is 16.2. The number of carbonyl (C=O) groups excluding carboxylic acids is 1. The van der Waals surface area contributed by atoms with Gasteiger partial charge in [0.1, 0.15) is 11.7 Å². The molecule has 2 aliphatic rings. The van der Waals surface area contributed by atoms with Crippen molar-refractivity contribution in [1.82, 2.24) is 4.57 Å². The molecule has 3 atom stereocenters. The molecule has 0 radical (unpaired) electrons. The zero-order chi connectivity index (χ0) is 21.0. The van der Waals surface area contributed by atoms with E-state index in [1.165, 1.54) is 18.4 Å². The van der Waals surface area contributed by atoms with Crippen molar-refractivity contribution in [3.05, 3.63) is 84.4 Å². The highest BCUT2D eigenvalue weighted by atomic mass is 35.5. The summed E-state index contributed by atoms with van der Waals surface area (Å²) in [6, 6.07) is 14.1. The second-order valence-electron chi connectivity index (χ2n) is 7.34. The maximum absolute atomic E-state index is 13.4. The minimum atomic E-state index is -1.18. The molecule has 0 saturated carbocycles. The molecule has 30 heavy (non-hydrogen) atoms. The number of nitrogens with zero attached hydrogens (tertiary/aromatic N) is 2. The minimum absolute atomic E-state index is 0.226. The molecular formula is C22H17ClN2O4S. The number of benzene rings is 2. The van der Waals surface area contributed by atoms with E-state index in [2.05, 4.69) is 0 Å². The van der Waals surface area contributed by atoms with Crippen LogP contribution in [0.3, 0.4) is 0 Å². The number of carbonyl (C=O) groups is 1. The van der Waals surface area contributed by atoms with Gasteiger partial charge in [-0.2, -0.15) is 0 Å². The Bertz CT molecular complexity index is 1360. The van der Waals surface area contributed by atoms with Crippen molar-refractivity contribution >= 4 is 35.0 Å². The third kappa shape index (κ3) is 2.73. The highest BCUT2D eigenvalue weighted by molar-refractivity contribution is 7.07. The highest BCUT2D eigenvalue weighted by Gasteiger charge is 2.55. The van der Waals surface area contributed by atoms with Crippen LogP contribution >= 0.6 is 22.9 Å². The first kappa shape index (κ1) is 19.1. The molecule has 5 rings (SSSR count). The molecule has 0 N–H and O–H groups in total. The van der Waals surface area contributed by atoms with Gasteiger partial charge in [-0.25, -0.2) is 4.99 Å². The molecule has 2 bridgehead atoms. The number of aromatic nitrogens is 1. The molecule has 0 spiro atoms. The Morgan fingerprint density at radius 2 is 2.00 bits per heavy atom. The van der Waals surface area contributed by atoms with Crippen LogP contribution in [0.4, 0.5) is 0 Å². The number of hydrogen-bond acceptors (Lipinski definition) is 6. The van der Waals surface area contributed by atoms with Crippen LogP contribution < -0.4 is 19.6 Å². The first-order valence-electron chi connectivity index (χ1n) is 9.36. The van der Waals surface area contributed by atoms with Gasteiger partial charge in [-0.3, -0.25) is 14.2 Å². The van der Waals surface area contributed by atoms with Crippen LogP contribution in [-0.2, 0) is 9.53 Å². The summed E-state index contributed by atoms with van der Waals surface area (Å²) >= 11 is 7.53. The SMILES string of the molecule is COC(=O)[C@H]1[C@H]2c3ccccc3O[C@@]1(C)N=c1s/c(=C/c3ccccc3Cl)c(=O)n12. The van der Waals surface area contributed by atoms with Crippen molar-refractivity contribution in [2.45, 2.75) is 18.7 Å². The van der Waals surface area contributed by atoms with E-state index >= 15 is 0 Å². The molecule has 0 aliphatic carbocycles. The molecule has 6 nitrogen and oxygen atoms in total. The van der Waals surface area contributed by atoms with Crippen LogP contribution in [-0.4, -0.2) is 23.4 Å². The topological polar surface area (TPSA) is 69.9 Å². The third-order valence-corrected chi connectivity index (χ3v) is 6.85. The molecule has 0 fully saturated rings. The molecule has 2 aliphatic heterocycles. The number of fused-ring (bicyclic) bond motifs is 6. The van der Waals surface area contributed by atoms with E-state index in [0.29, 0.717) is 20.1 Å². The number of halogens is 1. The maximum atomic E-state index is 13.4. The molecule has 152 valence electrons. The van der Waals surface area contributed by atoms with E-state index < -0.39 is 23.7 Å². The number of esters is 1. The van der Waals surface area contributed by atoms with Gasteiger partial charge in [-0.1, -0.05) is 59.3 Å². The van der Waals surface area contributed by atoms with Crippen molar-refractivity contribution < 1.29 is 14.3 Å². The largest absolute Gasteiger partial charge is 0.469 e. The van der Waals surface area contributed by atoms with Crippen LogP contribution in [0.5, 0.6) is 5.75 Å². The molecule has 3 aromatic rings. The number of ether oxygens (including phenoxy) is 2. The summed E-state index contributed by atoms with van der Waals surface area (Å²) in [5.74, 6) is -0.652. The van der Waals surface area contributed by atoms with Crippen LogP contribution in [0.25, 0.3) is 6.08 Å². The first-order chi connectivity index (χ1) is 14.4. The number of hydrogen-bond donors (Lipinski definition) is 0. The molecule has 2 aromatic carbocycles. The van der Waals surface area contributed by atoms with E-state index in [1.54, 1.807) is 23.6 Å². The van der Waals surface area contributed by atoms with Crippen molar-refractivity contribution in [3.8, 4) is 5.75 Å². The molecule has 0 unspecified atom stereocenters. The Labute approximate surface area is 180 Å². The highest BCUT2D eigenvalue weighted by Crippen LogP contribution is 2.47. The number of para-hydroxylation sites is 1. The fourth-order valence-electron chi connectivity index (χ4n) is 4.16. The van der Waals surface area contributed by atoms with Gasteiger partial charge >= 0.3 is 5.97 Å². The summed E-state index contributed by atoms with van der Waals surface area (Å²) in [7, 11) is 1.33. The quantitative estimate of drug-likeness (QED) is 0.574. The lowest BCUT2D eigenvalue weighted by Crippen LogP contribution is -2.58. The lowest BCUT2D eigenvalue weighted by Gasteiger charge is -2.44. The molecule has 8 heteroatoms. The Hall–Kier alpha value is -2.90. The molecule has 1 aromatic heterocycles. The van der Waals surface area contributed by atoms with E-state index in [4.69, 9.17) is 26.1 Å². The normalized spacial score (nSPS) is 24.3. The predicted molar refractivity (Wildman–Crippen MR) is 113 cm³/mol. The summed E-state index contributed by atoms with van der Waals surface area (Å²) in [6.45, 7) is 1.75. The van der Waals surface area contributed by atoms with E-state index in [1.807, 2.05) is 42.5 Å². The Morgan fingerprint density at radius 3 is 2.77 bits per heavy atom.